The van der Waals surface area contributed by atoms with Crippen molar-refractivity contribution in [3.63, 3.8) is 0 Å². The number of phenols is 1. The van der Waals surface area contributed by atoms with E-state index in [1.807, 2.05) is 0 Å². The van der Waals surface area contributed by atoms with E-state index >= 15 is 0 Å². The first-order valence-electron chi connectivity index (χ1n) is 4.70. The van der Waals surface area contributed by atoms with Crippen molar-refractivity contribution in [3.8, 4) is 5.75 Å². The van der Waals surface area contributed by atoms with E-state index in [0.717, 1.165) is 0 Å². The summed E-state index contributed by atoms with van der Waals surface area (Å²) in [5.41, 5.74) is 0.733. The molecule has 2 amide bonds. The highest BCUT2D eigenvalue weighted by Crippen LogP contribution is 2.23. The van der Waals surface area contributed by atoms with E-state index in [-0.39, 0.29) is 17.3 Å². The number of hydrogen-bond donors (Lipinski definition) is 1. The summed E-state index contributed by atoms with van der Waals surface area (Å²) in [6, 6.07) is 4.24. The molecule has 16 heavy (non-hydrogen) atoms. The van der Waals surface area contributed by atoms with Gasteiger partial charge in [-0.15, -0.1) is 0 Å². The van der Waals surface area contributed by atoms with Crippen molar-refractivity contribution in [2.24, 2.45) is 0 Å². The molecule has 1 N–H and O–H groups in total. The third-order valence-electron chi connectivity index (χ3n) is 2.20. The van der Waals surface area contributed by atoms with Crippen molar-refractivity contribution in [2.45, 2.75) is 0 Å². The van der Waals surface area contributed by atoms with E-state index in [2.05, 4.69) is 0 Å². The molecule has 0 saturated carbocycles. The summed E-state index contributed by atoms with van der Waals surface area (Å²) in [6.07, 6.45) is 0.562. The highest BCUT2D eigenvalue weighted by molar-refractivity contribution is 5.92. The minimum Gasteiger partial charge on any atom is -0.507 e. The molecular weight excluding hydrogens is 208 g/mol. The lowest BCUT2D eigenvalue weighted by Crippen LogP contribution is -2.36. The van der Waals surface area contributed by atoms with Gasteiger partial charge in [0.2, 0.25) is 0 Å². The Bertz CT molecular complexity index is 416. The maximum Gasteiger partial charge on any atom is 0.323 e. The van der Waals surface area contributed by atoms with E-state index < -0.39 is 0 Å². The highest BCUT2D eigenvalue weighted by atomic mass is 16.3. The van der Waals surface area contributed by atoms with Crippen LogP contribution in [0.15, 0.2) is 18.2 Å². The minimum absolute atomic E-state index is 0.133. The Balaban J connectivity index is 3.01. The number of aromatic hydroxyl groups is 1. The van der Waals surface area contributed by atoms with Crippen molar-refractivity contribution in [1.82, 2.24) is 4.90 Å². The Hall–Kier alpha value is -2.04. The van der Waals surface area contributed by atoms with Crippen LogP contribution >= 0.6 is 0 Å². The molecule has 0 heterocycles. The van der Waals surface area contributed by atoms with Gasteiger partial charge in [0.15, 0.2) is 6.29 Å². The standard InChI is InChI=1S/C11H14N2O3/c1-12(2)11(16)13(3)9-5-4-8(7-14)10(15)6-9/h4-7,15H,1-3H3. The van der Waals surface area contributed by atoms with E-state index in [9.17, 15) is 14.7 Å². The van der Waals surface area contributed by atoms with Crippen LogP contribution < -0.4 is 4.90 Å². The highest BCUT2D eigenvalue weighted by Gasteiger charge is 2.13. The summed E-state index contributed by atoms with van der Waals surface area (Å²) in [6.45, 7) is 0. The summed E-state index contributed by atoms with van der Waals surface area (Å²) >= 11 is 0. The number of amides is 2. The molecule has 0 fully saturated rings. The molecule has 1 rings (SSSR count). The number of benzene rings is 1. The molecule has 0 spiro atoms. The molecule has 1 aromatic rings. The van der Waals surface area contributed by atoms with Gasteiger partial charge in [0.05, 0.1) is 5.56 Å². The fourth-order valence-electron chi connectivity index (χ4n) is 1.25. The number of phenolic OH excluding ortho intramolecular Hbond substituents is 1. The van der Waals surface area contributed by atoms with E-state index in [1.54, 1.807) is 27.2 Å². The second kappa shape index (κ2) is 4.65. The molecule has 0 saturated heterocycles. The largest absolute Gasteiger partial charge is 0.507 e. The maximum absolute atomic E-state index is 11.6. The van der Waals surface area contributed by atoms with E-state index in [1.165, 1.54) is 21.9 Å². The van der Waals surface area contributed by atoms with Gasteiger partial charge in [0, 0.05) is 32.9 Å². The Morgan fingerprint density at radius 2 is 1.94 bits per heavy atom. The molecule has 1 aromatic carbocycles. The Labute approximate surface area is 93.9 Å². The van der Waals surface area contributed by atoms with Crippen molar-refractivity contribution < 1.29 is 14.7 Å². The zero-order chi connectivity index (χ0) is 12.3. The Morgan fingerprint density at radius 3 is 2.38 bits per heavy atom. The molecule has 0 aliphatic carbocycles. The number of hydrogen-bond acceptors (Lipinski definition) is 3. The molecule has 0 aromatic heterocycles. The fourth-order valence-corrected chi connectivity index (χ4v) is 1.25. The van der Waals surface area contributed by atoms with Gasteiger partial charge < -0.3 is 10.0 Å². The zero-order valence-corrected chi connectivity index (χ0v) is 9.47. The number of anilines is 1. The van der Waals surface area contributed by atoms with Crippen molar-refractivity contribution >= 4 is 18.0 Å². The molecule has 0 bridgehead atoms. The SMILES string of the molecule is CN(C)C(=O)N(C)c1ccc(C=O)c(O)c1. The van der Waals surface area contributed by atoms with Gasteiger partial charge in [-0.1, -0.05) is 0 Å². The van der Waals surface area contributed by atoms with Gasteiger partial charge in [-0.3, -0.25) is 9.69 Å². The third-order valence-corrected chi connectivity index (χ3v) is 2.20. The van der Waals surface area contributed by atoms with Crippen LogP contribution in [0.25, 0.3) is 0 Å². The molecule has 0 atom stereocenters. The number of urea groups is 1. The third kappa shape index (κ3) is 2.31. The van der Waals surface area contributed by atoms with Gasteiger partial charge in [0.25, 0.3) is 0 Å². The van der Waals surface area contributed by atoms with Crippen molar-refractivity contribution in [1.29, 1.82) is 0 Å². The number of carbonyl (C=O) groups is 2. The first-order valence-corrected chi connectivity index (χ1v) is 4.70. The Morgan fingerprint density at radius 1 is 1.31 bits per heavy atom. The quantitative estimate of drug-likeness (QED) is 0.768. The zero-order valence-electron chi connectivity index (χ0n) is 9.47. The molecule has 0 unspecified atom stereocenters. The van der Waals surface area contributed by atoms with E-state index in [0.29, 0.717) is 12.0 Å². The first-order chi connectivity index (χ1) is 7.47. The average molecular weight is 222 g/mol. The lowest BCUT2D eigenvalue weighted by atomic mass is 10.2. The average Bonchev–Trinajstić information content (AvgIpc) is 2.26. The number of nitrogens with zero attached hydrogens (tertiary/aromatic N) is 2. The van der Waals surface area contributed by atoms with Crippen LogP contribution in [0, 0.1) is 0 Å². The summed E-state index contributed by atoms with van der Waals surface area (Å²) < 4.78 is 0. The van der Waals surface area contributed by atoms with Gasteiger partial charge >= 0.3 is 6.03 Å². The second-order valence-corrected chi connectivity index (χ2v) is 3.60. The molecule has 5 heteroatoms. The lowest BCUT2D eigenvalue weighted by molar-refractivity contribution is 0.112. The predicted molar refractivity (Wildman–Crippen MR) is 61.0 cm³/mol. The molecular formula is C11H14N2O3. The topological polar surface area (TPSA) is 60.9 Å². The van der Waals surface area contributed by atoms with Gasteiger partial charge in [-0.05, 0) is 12.1 Å². The fraction of sp³-hybridized carbons (Fsp3) is 0.273. The van der Waals surface area contributed by atoms with Crippen molar-refractivity contribution in [3.05, 3.63) is 23.8 Å². The normalized spacial score (nSPS) is 9.69. The van der Waals surface area contributed by atoms with E-state index in [4.69, 9.17) is 0 Å². The summed E-state index contributed by atoms with van der Waals surface area (Å²) in [5, 5.41) is 9.48. The predicted octanol–water partition coefficient (Wildman–Crippen LogP) is 1.32. The number of rotatable bonds is 2. The number of carbonyl (C=O) groups excluding carboxylic acids is 2. The van der Waals surface area contributed by atoms with Crippen LogP contribution in [-0.4, -0.2) is 43.5 Å². The lowest BCUT2D eigenvalue weighted by Gasteiger charge is -2.22. The van der Waals surface area contributed by atoms with Gasteiger partial charge in [0.1, 0.15) is 5.75 Å². The van der Waals surface area contributed by atoms with Crippen molar-refractivity contribution in [2.75, 3.05) is 26.0 Å². The molecule has 0 aliphatic heterocycles. The van der Waals surface area contributed by atoms with Crippen LogP contribution in [0.4, 0.5) is 10.5 Å². The second-order valence-electron chi connectivity index (χ2n) is 3.60. The van der Waals surface area contributed by atoms with Crippen LogP contribution in [0.1, 0.15) is 10.4 Å². The minimum atomic E-state index is -0.210. The summed E-state index contributed by atoms with van der Waals surface area (Å²) in [4.78, 5) is 24.9. The van der Waals surface area contributed by atoms with Crippen LogP contribution in [0.3, 0.4) is 0 Å². The van der Waals surface area contributed by atoms with Gasteiger partial charge in [-0.2, -0.15) is 0 Å². The summed E-state index contributed by atoms with van der Waals surface area (Å²) in [7, 11) is 4.87. The summed E-state index contributed by atoms with van der Waals surface area (Å²) in [5.74, 6) is -0.133. The van der Waals surface area contributed by atoms with Crippen LogP contribution in [-0.2, 0) is 0 Å². The van der Waals surface area contributed by atoms with Crippen LogP contribution in [0.2, 0.25) is 0 Å². The molecule has 5 nitrogen and oxygen atoms in total. The molecule has 86 valence electrons. The number of aldehydes is 1. The monoisotopic (exact) mass is 222 g/mol. The van der Waals surface area contributed by atoms with Gasteiger partial charge in [-0.25, -0.2) is 4.79 Å². The smallest absolute Gasteiger partial charge is 0.323 e. The molecule has 0 aliphatic rings. The molecule has 0 radical (unpaired) electrons. The Kier molecular flexibility index (Phi) is 3.50. The van der Waals surface area contributed by atoms with Crippen LogP contribution in [0.5, 0.6) is 5.75 Å². The maximum atomic E-state index is 11.6. The first kappa shape index (κ1) is 12.0.